The van der Waals surface area contributed by atoms with Crippen LogP contribution in [0.25, 0.3) is 0 Å². The maximum atomic E-state index is 5.93. The van der Waals surface area contributed by atoms with Crippen LogP contribution < -0.4 is 11.3 Å². The van der Waals surface area contributed by atoms with E-state index in [1.807, 2.05) is 0 Å². The lowest BCUT2D eigenvalue weighted by Crippen LogP contribution is -2.62. The maximum absolute atomic E-state index is 5.93. The molecule has 0 spiro atoms. The van der Waals surface area contributed by atoms with Crippen LogP contribution in [0.2, 0.25) is 0 Å². The number of hydrogen-bond acceptors (Lipinski definition) is 3. The van der Waals surface area contributed by atoms with Crippen molar-refractivity contribution in [3.05, 3.63) is 35.9 Å². The van der Waals surface area contributed by atoms with Crippen molar-refractivity contribution in [2.45, 2.75) is 64.0 Å². The average Bonchev–Trinajstić information content (AvgIpc) is 2.56. The van der Waals surface area contributed by atoms with E-state index in [0.717, 1.165) is 19.3 Å². The van der Waals surface area contributed by atoms with E-state index in [9.17, 15) is 0 Å². The Balaban J connectivity index is 2.02. The zero-order valence-electron chi connectivity index (χ0n) is 13.6. The second-order valence-electron chi connectivity index (χ2n) is 6.50. The summed E-state index contributed by atoms with van der Waals surface area (Å²) in [6.45, 7) is 7.11. The number of aryl methyl sites for hydroxylation is 1. The average molecular weight is 289 g/mol. The second-order valence-corrected chi connectivity index (χ2v) is 6.50. The van der Waals surface area contributed by atoms with Crippen LogP contribution in [0.1, 0.15) is 51.5 Å². The first-order valence-electron chi connectivity index (χ1n) is 8.46. The Labute approximate surface area is 129 Å². The molecule has 118 valence electrons. The molecule has 0 aliphatic carbocycles. The molecule has 0 radical (unpaired) electrons. The Hall–Kier alpha value is -0.900. The minimum absolute atomic E-state index is 0.157. The van der Waals surface area contributed by atoms with Gasteiger partial charge in [0, 0.05) is 11.6 Å². The Morgan fingerprint density at radius 3 is 2.43 bits per heavy atom. The Morgan fingerprint density at radius 2 is 1.86 bits per heavy atom. The molecule has 1 aliphatic heterocycles. The molecule has 0 aromatic heterocycles. The zero-order chi connectivity index (χ0) is 15.1. The van der Waals surface area contributed by atoms with E-state index in [1.54, 1.807) is 0 Å². The smallest absolute Gasteiger partial charge is 0.0395 e. The summed E-state index contributed by atoms with van der Waals surface area (Å²) in [5, 5.41) is 0. The van der Waals surface area contributed by atoms with E-state index in [0.29, 0.717) is 6.04 Å². The van der Waals surface area contributed by atoms with Crippen LogP contribution in [0.15, 0.2) is 30.3 Å². The van der Waals surface area contributed by atoms with Crippen LogP contribution >= 0.6 is 0 Å². The number of hydrogen-bond donors (Lipinski definition) is 2. The molecule has 21 heavy (non-hydrogen) atoms. The van der Waals surface area contributed by atoms with Crippen molar-refractivity contribution in [2.75, 3.05) is 13.1 Å². The third kappa shape index (κ3) is 4.06. The largest absolute Gasteiger partial charge is 0.296 e. The highest BCUT2D eigenvalue weighted by atomic mass is 15.3. The quantitative estimate of drug-likeness (QED) is 0.598. The third-order valence-corrected chi connectivity index (χ3v) is 5.31. The Morgan fingerprint density at radius 1 is 1.19 bits per heavy atom. The van der Waals surface area contributed by atoms with Crippen LogP contribution in [0.5, 0.6) is 0 Å². The standard InChI is InChI=1S/C18H31N3/c1-3-18(2,21-14-8-5-9-15-21)17(20-19)13-12-16-10-6-4-7-11-16/h4,6-7,10-11,17,20H,3,5,8-9,12-15,19H2,1-2H3. The van der Waals surface area contributed by atoms with Gasteiger partial charge >= 0.3 is 0 Å². The summed E-state index contributed by atoms with van der Waals surface area (Å²) in [6.07, 6.45) is 7.33. The summed E-state index contributed by atoms with van der Waals surface area (Å²) in [6, 6.07) is 11.1. The SMILES string of the molecule is CCC(C)(C(CCc1ccccc1)NN)N1CCCCC1. The number of benzene rings is 1. The number of hydrazine groups is 1. The molecule has 0 bridgehead atoms. The molecule has 1 heterocycles. The number of likely N-dealkylation sites (tertiary alicyclic amines) is 1. The molecule has 0 saturated carbocycles. The van der Waals surface area contributed by atoms with Gasteiger partial charge in [0.1, 0.15) is 0 Å². The van der Waals surface area contributed by atoms with E-state index >= 15 is 0 Å². The molecule has 2 unspecified atom stereocenters. The molecule has 3 heteroatoms. The van der Waals surface area contributed by atoms with Gasteiger partial charge in [-0.05, 0) is 57.7 Å². The molecule has 0 amide bonds. The fourth-order valence-corrected chi connectivity index (χ4v) is 3.62. The predicted octanol–water partition coefficient (Wildman–Crippen LogP) is 3.11. The van der Waals surface area contributed by atoms with E-state index in [1.165, 1.54) is 37.9 Å². The van der Waals surface area contributed by atoms with Gasteiger partial charge < -0.3 is 0 Å². The maximum Gasteiger partial charge on any atom is 0.0395 e. The van der Waals surface area contributed by atoms with Gasteiger partial charge in [0.2, 0.25) is 0 Å². The molecular weight excluding hydrogens is 258 g/mol. The monoisotopic (exact) mass is 289 g/mol. The highest BCUT2D eigenvalue weighted by molar-refractivity contribution is 5.15. The fourth-order valence-electron chi connectivity index (χ4n) is 3.62. The molecule has 3 N–H and O–H groups in total. The molecule has 3 nitrogen and oxygen atoms in total. The van der Waals surface area contributed by atoms with Crippen molar-refractivity contribution in [3.63, 3.8) is 0 Å². The second kappa shape index (κ2) is 7.92. The lowest BCUT2D eigenvalue weighted by molar-refractivity contribution is 0.0403. The summed E-state index contributed by atoms with van der Waals surface area (Å²) in [4.78, 5) is 2.66. The van der Waals surface area contributed by atoms with Crippen LogP contribution in [-0.2, 0) is 6.42 Å². The van der Waals surface area contributed by atoms with E-state index in [-0.39, 0.29) is 5.54 Å². The number of rotatable bonds is 7. The van der Waals surface area contributed by atoms with Gasteiger partial charge in [-0.3, -0.25) is 16.2 Å². The summed E-state index contributed by atoms with van der Waals surface area (Å²) in [5.41, 5.74) is 4.67. The van der Waals surface area contributed by atoms with Gasteiger partial charge in [0.05, 0.1) is 0 Å². The molecule has 1 aromatic rings. The van der Waals surface area contributed by atoms with E-state index in [2.05, 4.69) is 54.5 Å². The number of nitrogens with one attached hydrogen (secondary N) is 1. The molecule has 2 atom stereocenters. The molecule has 1 saturated heterocycles. The van der Waals surface area contributed by atoms with Crippen LogP contribution in [0.3, 0.4) is 0 Å². The third-order valence-electron chi connectivity index (χ3n) is 5.31. The van der Waals surface area contributed by atoms with Crippen molar-refractivity contribution in [1.29, 1.82) is 0 Å². The topological polar surface area (TPSA) is 41.3 Å². The summed E-state index contributed by atoms with van der Waals surface area (Å²) >= 11 is 0. The Kier molecular flexibility index (Phi) is 6.22. The number of nitrogens with two attached hydrogens (primary N) is 1. The molecule has 1 aliphatic rings. The summed E-state index contributed by atoms with van der Waals surface area (Å²) < 4.78 is 0. The molecule has 1 fully saturated rings. The number of piperidine rings is 1. The van der Waals surface area contributed by atoms with Crippen molar-refractivity contribution >= 4 is 0 Å². The van der Waals surface area contributed by atoms with Crippen LogP contribution in [0.4, 0.5) is 0 Å². The van der Waals surface area contributed by atoms with E-state index < -0.39 is 0 Å². The van der Waals surface area contributed by atoms with Crippen molar-refractivity contribution in [3.8, 4) is 0 Å². The van der Waals surface area contributed by atoms with Gasteiger partial charge in [-0.1, -0.05) is 43.7 Å². The minimum Gasteiger partial charge on any atom is -0.296 e. The lowest BCUT2D eigenvalue weighted by Gasteiger charge is -2.48. The first kappa shape index (κ1) is 16.5. The van der Waals surface area contributed by atoms with Gasteiger partial charge in [0.15, 0.2) is 0 Å². The molecule has 1 aromatic carbocycles. The summed E-state index contributed by atoms with van der Waals surface area (Å²) in [7, 11) is 0. The minimum atomic E-state index is 0.157. The van der Waals surface area contributed by atoms with Crippen molar-refractivity contribution in [2.24, 2.45) is 5.84 Å². The zero-order valence-corrected chi connectivity index (χ0v) is 13.6. The lowest BCUT2D eigenvalue weighted by atomic mass is 9.83. The first-order chi connectivity index (χ1) is 10.2. The molecular formula is C18H31N3. The van der Waals surface area contributed by atoms with Crippen molar-refractivity contribution < 1.29 is 0 Å². The highest BCUT2D eigenvalue weighted by Crippen LogP contribution is 2.29. The predicted molar refractivity (Wildman–Crippen MR) is 90.0 cm³/mol. The fraction of sp³-hybridized carbons (Fsp3) is 0.667. The first-order valence-corrected chi connectivity index (χ1v) is 8.46. The van der Waals surface area contributed by atoms with Gasteiger partial charge in [-0.2, -0.15) is 0 Å². The van der Waals surface area contributed by atoms with Crippen LogP contribution in [0, 0.1) is 0 Å². The van der Waals surface area contributed by atoms with Gasteiger partial charge in [-0.25, -0.2) is 0 Å². The highest BCUT2D eigenvalue weighted by Gasteiger charge is 2.37. The number of nitrogens with zero attached hydrogens (tertiary/aromatic N) is 1. The van der Waals surface area contributed by atoms with Gasteiger partial charge in [-0.15, -0.1) is 0 Å². The summed E-state index contributed by atoms with van der Waals surface area (Å²) in [5.74, 6) is 5.93. The van der Waals surface area contributed by atoms with Gasteiger partial charge in [0.25, 0.3) is 0 Å². The van der Waals surface area contributed by atoms with Crippen molar-refractivity contribution in [1.82, 2.24) is 10.3 Å². The molecule has 2 rings (SSSR count). The normalized spacial score (nSPS) is 20.9. The van der Waals surface area contributed by atoms with Crippen LogP contribution in [-0.4, -0.2) is 29.6 Å². The Bertz CT molecular complexity index is 400. The van der Waals surface area contributed by atoms with E-state index in [4.69, 9.17) is 5.84 Å².